The molecule has 13 nitrogen and oxygen atoms in total. The van der Waals surface area contributed by atoms with Gasteiger partial charge in [0.25, 0.3) is 5.91 Å². The monoisotopic (exact) mass is 500 g/mol. The molecule has 0 spiro atoms. The van der Waals surface area contributed by atoms with Crippen molar-refractivity contribution in [3.05, 3.63) is 47.0 Å². The van der Waals surface area contributed by atoms with Crippen LogP contribution in [0.1, 0.15) is 34.9 Å². The van der Waals surface area contributed by atoms with Crippen molar-refractivity contribution in [2.75, 3.05) is 13.2 Å². The van der Waals surface area contributed by atoms with Gasteiger partial charge in [-0.1, -0.05) is 23.7 Å². The molecule has 15 heteroatoms. The van der Waals surface area contributed by atoms with Crippen molar-refractivity contribution in [2.24, 2.45) is 5.73 Å². The van der Waals surface area contributed by atoms with E-state index in [-0.39, 0.29) is 19.0 Å². The van der Waals surface area contributed by atoms with E-state index in [4.69, 9.17) is 45.1 Å². The third-order valence-electron chi connectivity index (χ3n) is 5.24. The van der Waals surface area contributed by atoms with Gasteiger partial charge in [0.1, 0.15) is 12.4 Å². The number of halogens is 1. The number of primary amides is 1. The quantitative estimate of drug-likeness (QED) is 0.456. The predicted octanol–water partition coefficient (Wildman–Crippen LogP) is 2.13. The minimum absolute atomic E-state index is 0.140. The fraction of sp³-hybridized carbons (Fsp3) is 0.444. The van der Waals surface area contributed by atoms with Crippen LogP contribution < -0.4 is 5.73 Å². The Balaban J connectivity index is 1.28. The third kappa shape index (κ3) is 4.47. The second-order valence-corrected chi connectivity index (χ2v) is 9.46. The molecule has 0 unspecified atom stereocenters. The third-order valence-corrected chi connectivity index (χ3v) is 6.95. The summed E-state index contributed by atoms with van der Waals surface area (Å²) in [6.07, 6.45) is -3.42. The summed E-state index contributed by atoms with van der Waals surface area (Å²) in [4.78, 5) is 26.8. The predicted molar refractivity (Wildman–Crippen MR) is 107 cm³/mol. The molecule has 0 aliphatic carbocycles. The van der Waals surface area contributed by atoms with Crippen molar-refractivity contribution in [2.45, 2.75) is 37.1 Å². The average Bonchev–Trinajstić information content (AvgIpc) is 3.48. The first-order valence-electron chi connectivity index (χ1n) is 9.88. The number of amides is 1. The highest BCUT2D eigenvalue weighted by Crippen LogP contribution is 2.57. The van der Waals surface area contributed by atoms with Crippen LogP contribution in [0.2, 0.25) is 5.02 Å². The van der Waals surface area contributed by atoms with Gasteiger partial charge in [0.2, 0.25) is 5.82 Å². The summed E-state index contributed by atoms with van der Waals surface area (Å²) in [5, 5.41) is 4.45. The maximum absolute atomic E-state index is 13.1. The Kier molecular flexibility index (Phi) is 5.85. The number of aromatic nitrogens is 3. The number of nitrogens with two attached hydrogens (primary N) is 1. The highest BCUT2D eigenvalue weighted by atomic mass is 35.5. The van der Waals surface area contributed by atoms with Gasteiger partial charge in [-0.25, -0.2) is 19.0 Å². The number of carbonyl (C=O) groups is 2. The number of nitrogens with zero attached hydrogens (tertiary/aromatic N) is 3. The number of rotatable bonds is 6. The molecule has 0 saturated carbocycles. The summed E-state index contributed by atoms with van der Waals surface area (Å²) in [5.74, 6) is -1.07. The van der Waals surface area contributed by atoms with Gasteiger partial charge in [0.15, 0.2) is 18.4 Å². The van der Waals surface area contributed by atoms with Crippen molar-refractivity contribution < 1.29 is 41.9 Å². The zero-order valence-electron chi connectivity index (χ0n) is 16.8. The maximum atomic E-state index is 13.1. The number of carbonyl (C=O) groups excluding carboxylic acids is 2. The van der Waals surface area contributed by atoms with Crippen LogP contribution in [0.3, 0.4) is 0 Å². The molecule has 33 heavy (non-hydrogen) atoms. The molecule has 2 aromatic rings. The first-order valence-corrected chi connectivity index (χ1v) is 11.7. The van der Waals surface area contributed by atoms with Gasteiger partial charge < -0.3 is 19.9 Å². The lowest BCUT2D eigenvalue weighted by molar-refractivity contribution is -0.0801. The van der Waals surface area contributed by atoms with Gasteiger partial charge in [-0.2, -0.15) is 0 Å². The number of benzene rings is 1. The largest absolute Gasteiger partial charge is 0.509 e. The Bertz CT molecular complexity index is 1130. The van der Waals surface area contributed by atoms with E-state index in [2.05, 4.69) is 10.1 Å². The molecule has 176 valence electrons. The molecule has 3 aliphatic heterocycles. The van der Waals surface area contributed by atoms with E-state index in [1.165, 1.54) is 11.0 Å². The number of ether oxygens (including phenoxy) is 3. The fourth-order valence-electron chi connectivity index (χ4n) is 3.76. The Labute approximate surface area is 191 Å². The molecule has 1 aromatic carbocycles. The van der Waals surface area contributed by atoms with Crippen LogP contribution in [0.25, 0.3) is 0 Å². The molecule has 3 fully saturated rings. The van der Waals surface area contributed by atoms with E-state index in [0.717, 1.165) is 5.56 Å². The van der Waals surface area contributed by atoms with Gasteiger partial charge in [0.05, 0.1) is 19.3 Å². The van der Waals surface area contributed by atoms with Gasteiger partial charge >= 0.3 is 14.0 Å². The summed E-state index contributed by atoms with van der Waals surface area (Å²) in [7, 11) is -3.96. The zero-order valence-corrected chi connectivity index (χ0v) is 18.5. The van der Waals surface area contributed by atoms with E-state index in [1.54, 1.807) is 24.3 Å². The Morgan fingerprint density at radius 2 is 2.15 bits per heavy atom. The van der Waals surface area contributed by atoms with Crippen molar-refractivity contribution >= 4 is 31.5 Å². The van der Waals surface area contributed by atoms with Crippen molar-refractivity contribution in [1.29, 1.82) is 0 Å². The van der Waals surface area contributed by atoms with Crippen molar-refractivity contribution in [3.8, 4) is 0 Å². The van der Waals surface area contributed by atoms with Crippen molar-refractivity contribution in [3.63, 3.8) is 0 Å². The summed E-state index contributed by atoms with van der Waals surface area (Å²) in [5.41, 5.74) is 5.91. The number of hydrogen-bond acceptors (Lipinski definition) is 11. The van der Waals surface area contributed by atoms with E-state index in [0.29, 0.717) is 11.4 Å². The molecular weight excluding hydrogens is 483 g/mol. The van der Waals surface area contributed by atoms with E-state index < -0.39 is 50.5 Å². The lowest BCUT2D eigenvalue weighted by atomic mass is 10.1. The number of hydrogen-bond donors (Lipinski definition) is 1. The van der Waals surface area contributed by atoms with Gasteiger partial charge in [-0.15, -0.1) is 5.10 Å². The fourth-order valence-corrected chi connectivity index (χ4v) is 5.35. The van der Waals surface area contributed by atoms with Gasteiger partial charge in [-0.05, 0) is 17.7 Å². The molecular formula is C18H18ClN4O9P. The minimum atomic E-state index is -3.96. The molecule has 3 saturated heterocycles. The lowest BCUT2D eigenvalue weighted by Gasteiger charge is -2.29. The Morgan fingerprint density at radius 1 is 1.33 bits per heavy atom. The van der Waals surface area contributed by atoms with E-state index >= 15 is 0 Å². The number of fused-ring (bicyclic) bond motifs is 1. The van der Waals surface area contributed by atoms with Crippen LogP contribution in [0.4, 0.5) is 4.79 Å². The van der Waals surface area contributed by atoms with Crippen LogP contribution in [-0.2, 0) is 32.3 Å². The van der Waals surface area contributed by atoms with Crippen LogP contribution in [0.15, 0.2) is 30.6 Å². The average molecular weight is 501 g/mol. The molecule has 1 amide bonds. The normalized spacial score (nSPS) is 33.4. The molecule has 5 rings (SSSR count). The molecule has 0 radical (unpaired) electrons. The van der Waals surface area contributed by atoms with Gasteiger partial charge in [-0.3, -0.25) is 18.4 Å². The van der Waals surface area contributed by atoms with Crippen molar-refractivity contribution in [1.82, 2.24) is 14.8 Å². The molecule has 0 bridgehead atoms. The SMILES string of the molecule is NC(=O)c1ncn([C@@H]2O[C@H](CO[P@@]3(=O)OCC[C@@H](c4cccc(Cl)c4)O3)[C@H]3OC(=O)O[C@H]32)n1. The van der Waals surface area contributed by atoms with Crippen LogP contribution in [-0.4, -0.2) is 58.4 Å². The highest BCUT2D eigenvalue weighted by Gasteiger charge is 2.56. The first-order chi connectivity index (χ1) is 15.8. The van der Waals surface area contributed by atoms with Crippen LogP contribution in [0.5, 0.6) is 0 Å². The summed E-state index contributed by atoms with van der Waals surface area (Å²) in [6.45, 7) is -0.160. The standard InChI is InChI=1S/C18H18ClN4O9P/c19-10-3-1-2-9(6-10)11-4-5-27-33(26,32-11)28-7-12-13-14(31-18(25)30-13)17(29-12)23-8-21-16(22-23)15(20)24/h1-3,6,8,11-14,17H,4-5,7H2,(H2,20,24)/t11-,12+,13+,14+,17+,33+/m0/s1. The smallest absolute Gasteiger partial charge is 0.424 e. The first kappa shape index (κ1) is 22.3. The lowest BCUT2D eigenvalue weighted by Crippen LogP contribution is -2.32. The highest BCUT2D eigenvalue weighted by molar-refractivity contribution is 7.48. The topological polar surface area (TPSA) is 163 Å². The second-order valence-electron chi connectivity index (χ2n) is 7.41. The second kappa shape index (κ2) is 8.67. The molecule has 4 heterocycles. The summed E-state index contributed by atoms with van der Waals surface area (Å²) >= 11 is 6.03. The van der Waals surface area contributed by atoms with Crippen LogP contribution in [0, 0.1) is 0 Å². The Hall–Kier alpha value is -2.54. The molecule has 3 aliphatic rings. The minimum Gasteiger partial charge on any atom is -0.424 e. The van der Waals surface area contributed by atoms with E-state index in [1.807, 2.05) is 0 Å². The van der Waals surface area contributed by atoms with E-state index in [9.17, 15) is 14.2 Å². The summed E-state index contributed by atoms with van der Waals surface area (Å²) < 4.78 is 46.9. The summed E-state index contributed by atoms with van der Waals surface area (Å²) in [6, 6.07) is 6.99. The Morgan fingerprint density at radius 3 is 2.91 bits per heavy atom. The molecule has 6 atom stereocenters. The number of phosphoric ester groups is 1. The van der Waals surface area contributed by atoms with Crippen LogP contribution >= 0.6 is 19.4 Å². The molecule has 2 N–H and O–H groups in total. The maximum Gasteiger partial charge on any atom is 0.509 e. The zero-order chi connectivity index (χ0) is 23.2. The number of phosphoric acid groups is 1. The molecule has 1 aromatic heterocycles. The van der Waals surface area contributed by atoms with Gasteiger partial charge in [0, 0.05) is 11.4 Å².